The maximum Gasteiger partial charge on any atom is 0.338 e. The molecule has 0 aliphatic rings. The molecule has 0 radical (unpaired) electrons. The Morgan fingerprint density at radius 1 is 0.929 bits per heavy atom. The Bertz CT molecular complexity index is 931. The Hall–Kier alpha value is -3.11. The lowest BCUT2D eigenvalue weighted by molar-refractivity contribution is 0.0472. The van der Waals surface area contributed by atoms with Crippen LogP contribution in [0.3, 0.4) is 0 Å². The number of carbonyl (C=O) groups excluding carboxylic acids is 1. The summed E-state index contributed by atoms with van der Waals surface area (Å²) in [6.45, 7) is 4.52. The highest BCUT2D eigenvalue weighted by molar-refractivity contribution is 5.90. The van der Waals surface area contributed by atoms with Crippen LogP contribution in [0.15, 0.2) is 66.7 Å². The third-order valence-corrected chi connectivity index (χ3v) is 4.52. The van der Waals surface area contributed by atoms with Crippen molar-refractivity contribution in [1.29, 1.82) is 0 Å². The van der Waals surface area contributed by atoms with E-state index in [1.165, 1.54) is 0 Å². The topological polar surface area (TPSA) is 55.8 Å². The lowest BCUT2D eigenvalue weighted by Crippen LogP contribution is -2.05. The zero-order chi connectivity index (χ0) is 19.9. The summed E-state index contributed by atoms with van der Waals surface area (Å²) < 4.78 is 10.9. The second-order valence-corrected chi connectivity index (χ2v) is 6.64. The molecular formula is C24H24O4. The van der Waals surface area contributed by atoms with Crippen molar-refractivity contribution < 1.29 is 19.4 Å². The Morgan fingerprint density at radius 2 is 1.64 bits per heavy atom. The third kappa shape index (κ3) is 4.78. The Balaban J connectivity index is 1.71. The van der Waals surface area contributed by atoms with Gasteiger partial charge in [-0.2, -0.15) is 0 Å². The van der Waals surface area contributed by atoms with E-state index in [0.29, 0.717) is 5.56 Å². The van der Waals surface area contributed by atoms with Crippen molar-refractivity contribution in [2.24, 2.45) is 0 Å². The number of rotatable bonds is 7. The number of aliphatic hydroxyl groups is 1. The number of aryl methyl sites for hydroxylation is 2. The predicted molar refractivity (Wildman–Crippen MR) is 109 cm³/mol. The molecule has 28 heavy (non-hydrogen) atoms. The SMILES string of the molecule is Cc1cc(-c2ccc(C(=O)OCc3ccccc3)cc2)c(C)cc1OCCO. The van der Waals surface area contributed by atoms with Gasteiger partial charge in [0.05, 0.1) is 12.2 Å². The summed E-state index contributed by atoms with van der Waals surface area (Å²) in [4.78, 5) is 12.3. The van der Waals surface area contributed by atoms with Crippen LogP contribution in [0.2, 0.25) is 0 Å². The van der Waals surface area contributed by atoms with E-state index in [-0.39, 0.29) is 25.8 Å². The smallest absolute Gasteiger partial charge is 0.338 e. The van der Waals surface area contributed by atoms with Crippen LogP contribution in [0.4, 0.5) is 0 Å². The average Bonchev–Trinajstić information content (AvgIpc) is 2.73. The average molecular weight is 376 g/mol. The quantitative estimate of drug-likeness (QED) is 0.608. The van der Waals surface area contributed by atoms with Crippen LogP contribution in [0.25, 0.3) is 11.1 Å². The summed E-state index contributed by atoms with van der Waals surface area (Å²) in [7, 11) is 0. The molecule has 0 saturated carbocycles. The minimum atomic E-state index is -0.337. The van der Waals surface area contributed by atoms with E-state index in [1.807, 2.05) is 62.4 Å². The largest absolute Gasteiger partial charge is 0.491 e. The monoisotopic (exact) mass is 376 g/mol. The predicted octanol–water partition coefficient (Wildman–Crippen LogP) is 4.70. The van der Waals surface area contributed by atoms with Gasteiger partial charge in [0, 0.05) is 0 Å². The molecule has 144 valence electrons. The van der Waals surface area contributed by atoms with Crippen molar-refractivity contribution in [3.63, 3.8) is 0 Å². The van der Waals surface area contributed by atoms with Gasteiger partial charge >= 0.3 is 5.97 Å². The lowest BCUT2D eigenvalue weighted by atomic mass is 9.97. The molecule has 0 spiro atoms. The minimum Gasteiger partial charge on any atom is -0.491 e. The second kappa shape index (κ2) is 9.20. The number of hydrogen-bond donors (Lipinski definition) is 1. The maximum atomic E-state index is 12.3. The molecule has 4 nitrogen and oxygen atoms in total. The van der Waals surface area contributed by atoms with Crippen molar-refractivity contribution >= 4 is 5.97 Å². The van der Waals surface area contributed by atoms with Crippen molar-refractivity contribution in [2.75, 3.05) is 13.2 Å². The number of aliphatic hydroxyl groups excluding tert-OH is 1. The standard InChI is InChI=1S/C24H24O4/c1-17-15-23(27-13-12-25)18(2)14-22(17)20-8-10-21(11-9-20)24(26)28-16-19-6-4-3-5-7-19/h3-11,14-15,25H,12-13,16H2,1-2H3. The lowest BCUT2D eigenvalue weighted by Gasteiger charge is -2.13. The molecule has 0 heterocycles. The highest BCUT2D eigenvalue weighted by Gasteiger charge is 2.11. The van der Waals surface area contributed by atoms with Gasteiger partial charge in [0.15, 0.2) is 0 Å². The number of esters is 1. The number of ether oxygens (including phenoxy) is 2. The molecule has 0 unspecified atom stereocenters. The van der Waals surface area contributed by atoms with E-state index in [9.17, 15) is 4.79 Å². The van der Waals surface area contributed by atoms with Gasteiger partial charge in [-0.05, 0) is 65.9 Å². The molecule has 0 aromatic heterocycles. The summed E-state index contributed by atoms with van der Waals surface area (Å²) in [5, 5.41) is 8.93. The Kier molecular flexibility index (Phi) is 6.45. The zero-order valence-corrected chi connectivity index (χ0v) is 16.1. The van der Waals surface area contributed by atoms with Crippen LogP contribution in [-0.4, -0.2) is 24.3 Å². The van der Waals surface area contributed by atoms with E-state index in [4.69, 9.17) is 14.6 Å². The molecule has 3 aromatic rings. The van der Waals surface area contributed by atoms with E-state index in [2.05, 4.69) is 6.07 Å². The molecule has 0 atom stereocenters. The highest BCUT2D eigenvalue weighted by Crippen LogP contribution is 2.30. The maximum absolute atomic E-state index is 12.3. The molecule has 1 N–H and O–H groups in total. The normalized spacial score (nSPS) is 10.5. The first kappa shape index (κ1) is 19.6. The second-order valence-electron chi connectivity index (χ2n) is 6.64. The first-order valence-corrected chi connectivity index (χ1v) is 9.25. The van der Waals surface area contributed by atoms with Gasteiger partial charge in [-0.15, -0.1) is 0 Å². The zero-order valence-electron chi connectivity index (χ0n) is 16.1. The Labute approximate surface area is 165 Å². The molecule has 3 rings (SSSR count). The van der Waals surface area contributed by atoms with Crippen LogP contribution in [0.1, 0.15) is 27.0 Å². The molecule has 0 aliphatic carbocycles. The summed E-state index contributed by atoms with van der Waals surface area (Å²) in [6, 6.07) is 21.1. The van der Waals surface area contributed by atoms with Crippen molar-refractivity contribution in [3.05, 3.63) is 89.0 Å². The molecule has 3 aromatic carbocycles. The van der Waals surface area contributed by atoms with Crippen LogP contribution in [-0.2, 0) is 11.3 Å². The summed E-state index contributed by atoms with van der Waals surface area (Å²) in [5.74, 6) is 0.437. The summed E-state index contributed by atoms with van der Waals surface area (Å²) in [6.07, 6.45) is 0. The molecule has 4 heteroatoms. The van der Waals surface area contributed by atoms with Gasteiger partial charge < -0.3 is 14.6 Å². The van der Waals surface area contributed by atoms with Crippen LogP contribution in [0, 0.1) is 13.8 Å². The number of benzene rings is 3. The third-order valence-electron chi connectivity index (χ3n) is 4.52. The van der Waals surface area contributed by atoms with Crippen LogP contribution >= 0.6 is 0 Å². The van der Waals surface area contributed by atoms with Crippen molar-refractivity contribution in [3.8, 4) is 16.9 Å². The fraction of sp³-hybridized carbons (Fsp3) is 0.208. The molecular weight excluding hydrogens is 352 g/mol. The molecule has 0 fully saturated rings. The summed E-state index contributed by atoms with van der Waals surface area (Å²) >= 11 is 0. The van der Waals surface area contributed by atoms with E-state index >= 15 is 0 Å². The first-order valence-electron chi connectivity index (χ1n) is 9.25. The molecule has 0 saturated heterocycles. The van der Waals surface area contributed by atoms with Gasteiger partial charge in [0.1, 0.15) is 19.0 Å². The number of hydrogen-bond acceptors (Lipinski definition) is 4. The van der Waals surface area contributed by atoms with Gasteiger partial charge in [-0.25, -0.2) is 4.79 Å². The molecule has 0 aliphatic heterocycles. The highest BCUT2D eigenvalue weighted by atomic mass is 16.5. The minimum absolute atomic E-state index is 0.0118. The van der Waals surface area contributed by atoms with Crippen molar-refractivity contribution in [2.45, 2.75) is 20.5 Å². The van der Waals surface area contributed by atoms with Crippen molar-refractivity contribution in [1.82, 2.24) is 0 Å². The van der Waals surface area contributed by atoms with E-state index < -0.39 is 0 Å². The fourth-order valence-corrected chi connectivity index (χ4v) is 3.00. The Morgan fingerprint density at radius 3 is 2.32 bits per heavy atom. The van der Waals surface area contributed by atoms with Gasteiger partial charge in [-0.1, -0.05) is 42.5 Å². The van der Waals surface area contributed by atoms with Crippen LogP contribution < -0.4 is 4.74 Å². The number of carbonyl (C=O) groups is 1. The van der Waals surface area contributed by atoms with Gasteiger partial charge in [0.2, 0.25) is 0 Å². The van der Waals surface area contributed by atoms with Crippen LogP contribution in [0.5, 0.6) is 5.75 Å². The van der Waals surface area contributed by atoms with E-state index in [1.54, 1.807) is 12.1 Å². The fourth-order valence-electron chi connectivity index (χ4n) is 3.00. The molecule has 0 amide bonds. The molecule has 0 bridgehead atoms. The van der Waals surface area contributed by atoms with E-state index in [0.717, 1.165) is 33.6 Å². The van der Waals surface area contributed by atoms with Gasteiger partial charge in [-0.3, -0.25) is 0 Å². The summed E-state index contributed by atoms with van der Waals surface area (Å²) in [5.41, 5.74) is 5.66. The first-order chi connectivity index (χ1) is 13.6. The van der Waals surface area contributed by atoms with Gasteiger partial charge in [0.25, 0.3) is 0 Å².